The van der Waals surface area contributed by atoms with Gasteiger partial charge < -0.3 is 9.47 Å². The molecule has 0 atom stereocenters. The highest BCUT2D eigenvalue weighted by Gasteiger charge is 2.17. The lowest BCUT2D eigenvalue weighted by atomic mass is 10.1. The molecular formula is C15H18F2N2O2. The Balaban J connectivity index is 2.33. The van der Waals surface area contributed by atoms with E-state index in [1.54, 1.807) is 6.07 Å². The second-order valence-electron chi connectivity index (χ2n) is 4.53. The second kappa shape index (κ2) is 6.78. The number of benzene rings is 1. The van der Waals surface area contributed by atoms with Gasteiger partial charge in [-0.3, -0.25) is 5.10 Å². The molecule has 0 fully saturated rings. The van der Waals surface area contributed by atoms with E-state index in [9.17, 15) is 8.78 Å². The van der Waals surface area contributed by atoms with E-state index in [0.717, 1.165) is 12.1 Å². The Kier molecular flexibility index (Phi) is 5.03. The summed E-state index contributed by atoms with van der Waals surface area (Å²) in [6.07, 6.45) is -0.598. The number of nitrogens with one attached hydrogen (secondary N) is 1. The minimum absolute atomic E-state index is 0.104. The Hall–Kier alpha value is -1.79. The molecule has 0 radical (unpaired) electrons. The maximum absolute atomic E-state index is 13.9. The summed E-state index contributed by atoms with van der Waals surface area (Å²) in [6.45, 7) is 6.13. The highest BCUT2D eigenvalue weighted by Crippen LogP contribution is 2.27. The van der Waals surface area contributed by atoms with Crippen LogP contribution >= 0.6 is 0 Å². The monoisotopic (exact) mass is 296 g/mol. The third-order valence-electron chi connectivity index (χ3n) is 3.01. The SMILES string of the molecule is CCOC(OCC)c1cc(-c2cc(F)c(C)cc2F)n[nH]1. The maximum atomic E-state index is 13.9. The van der Waals surface area contributed by atoms with Crippen molar-refractivity contribution >= 4 is 0 Å². The largest absolute Gasteiger partial charge is 0.347 e. The molecule has 0 bridgehead atoms. The lowest BCUT2D eigenvalue weighted by molar-refractivity contribution is -0.142. The maximum Gasteiger partial charge on any atom is 0.200 e. The minimum atomic E-state index is -0.598. The van der Waals surface area contributed by atoms with E-state index in [1.165, 1.54) is 6.92 Å². The molecule has 0 aliphatic heterocycles. The van der Waals surface area contributed by atoms with Gasteiger partial charge in [-0.25, -0.2) is 8.78 Å². The van der Waals surface area contributed by atoms with Gasteiger partial charge in [-0.1, -0.05) is 0 Å². The number of hydrogen-bond donors (Lipinski definition) is 1. The Morgan fingerprint density at radius 3 is 2.38 bits per heavy atom. The molecule has 0 aliphatic rings. The lowest BCUT2D eigenvalue weighted by Gasteiger charge is -2.14. The lowest BCUT2D eigenvalue weighted by Crippen LogP contribution is -2.09. The average Bonchev–Trinajstić information content (AvgIpc) is 2.92. The first-order valence-corrected chi connectivity index (χ1v) is 6.81. The third-order valence-corrected chi connectivity index (χ3v) is 3.01. The summed E-state index contributed by atoms with van der Waals surface area (Å²) >= 11 is 0. The minimum Gasteiger partial charge on any atom is -0.347 e. The summed E-state index contributed by atoms with van der Waals surface area (Å²) < 4.78 is 38.4. The molecule has 1 heterocycles. The molecule has 0 unspecified atom stereocenters. The van der Waals surface area contributed by atoms with Crippen molar-refractivity contribution in [1.29, 1.82) is 0 Å². The van der Waals surface area contributed by atoms with Gasteiger partial charge in [-0.05, 0) is 44.5 Å². The van der Waals surface area contributed by atoms with Gasteiger partial charge in [-0.2, -0.15) is 5.10 Å². The highest BCUT2D eigenvalue weighted by atomic mass is 19.1. The number of aromatic nitrogens is 2. The molecule has 0 aliphatic carbocycles. The van der Waals surface area contributed by atoms with Crippen molar-refractivity contribution < 1.29 is 18.3 Å². The zero-order chi connectivity index (χ0) is 15.4. The van der Waals surface area contributed by atoms with Crippen molar-refractivity contribution in [2.45, 2.75) is 27.1 Å². The molecule has 1 aromatic heterocycles. The molecule has 21 heavy (non-hydrogen) atoms. The van der Waals surface area contributed by atoms with Crippen LogP contribution in [0.1, 0.15) is 31.4 Å². The summed E-state index contributed by atoms with van der Waals surface area (Å²) in [5.41, 5.74) is 1.24. The smallest absolute Gasteiger partial charge is 0.200 e. The summed E-state index contributed by atoms with van der Waals surface area (Å²) in [5, 5.41) is 6.76. The van der Waals surface area contributed by atoms with Crippen LogP contribution in [0, 0.1) is 18.6 Å². The van der Waals surface area contributed by atoms with E-state index in [4.69, 9.17) is 9.47 Å². The highest BCUT2D eigenvalue weighted by molar-refractivity contribution is 5.61. The molecule has 114 valence electrons. The molecule has 1 aromatic carbocycles. The van der Waals surface area contributed by atoms with E-state index in [1.807, 2.05) is 13.8 Å². The number of hydrogen-bond acceptors (Lipinski definition) is 3. The zero-order valence-electron chi connectivity index (χ0n) is 12.2. The van der Waals surface area contributed by atoms with Gasteiger partial charge in [0.15, 0.2) is 6.29 Å². The Morgan fingerprint density at radius 1 is 1.10 bits per heavy atom. The summed E-state index contributed by atoms with van der Waals surface area (Å²) in [6, 6.07) is 3.89. The Labute approximate surface area is 122 Å². The standard InChI is InChI=1S/C15H18F2N2O2/c1-4-20-15(21-5-2)14-8-13(18-19-14)10-7-11(16)9(3)6-12(10)17/h6-8,15H,4-5H2,1-3H3,(H,18,19). The van der Waals surface area contributed by atoms with Gasteiger partial charge in [0.25, 0.3) is 0 Å². The van der Waals surface area contributed by atoms with Gasteiger partial charge in [0.2, 0.25) is 0 Å². The molecule has 2 aromatic rings. The van der Waals surface area contributed by atoms with E-state index >= 15 is 0 Å². The Morgan fingerprint density at radius 2 is 1.76 bits per heavy atom. The Bertz CT molecular complexity index is 608. The van der Waals surface area contributed by atoms with Crippen LogP contribution in [0.4, 0.5) is 8.78 Å². The van der Waals surface area contributed by atoms with Crippen molar-refractivity contribution in [3.05, 3.63) is 41.1 Å². The van der Waals surface area contributed by atoms with Crippen LogP contribution in [0.25, 0.3) is 11.3 Å². The van der Waals surface area contributed by atoms with E-state index < -0.39 is 17.9 Å². The van der Waals surface area contributed by atoms with E-state index in [-0.39, 0.29) is 11.1 Å². The summed E-state index contributed by atoms with van der Waals surface area (Å²) in [4.78, 5) is 0. The number of aryl methyl sites for hydroxylation is 1. The number of nitrogens with zero attached hydrogens (tertiary/aromatic N) is 1. The zero-order valence-corrected chi connectivity index (χ0v) is 12.2. The van der Waals surface area contributed by atoms with Crippen LogP contribution in [0.15, 0.2) is 18.2 Å². The average molecular weight is 296 g/mol. The van der Waals surface area contributed by atoms with Gasteiger partial charge >= 0.3 is 0 Å². The topological polar surface area (TPSA) is 47.1 Å². The predicted molar refractivity (Wildman–Crippen MR) is 74.7 cm³/mol. The van der Waals surface area contributed by atoms with Crippen LogP contribution in [0.5, 0.6) is 0 Å². The number of H-pyrrole nitrogens is 1. The van der Waals surface area contributed by atoms with Crippen molar-refractivity contribution in [1.82, 2.24) is 10.2 Å². The fourth-order valence-electron chi connectivity index (χ4n) is 1.97. The van der Waals surface area contributed by atoms with Crippen LogP contribution in [0.3, 0.4) is 0 Å². The molecule has 0 spiro atoms. The molecule has 0 saturated heterocycles. The number of ether oxygens (including phenoxy) is 2. The molecule has 0 saturated carbocycles. The third kappa shape index (κ3) is 3.46. The second-order valence-corrected chi connectivity index (χ2v) is 4.53. The normalized spacial score (nSPS) is 11.3. The molecule has 4 nitrogen and oxygen atoms in total. The van der Waals surface area contributed by atoms with Gasteiger partial charge in [-0.15, -0.1) is 0 Å². The summed E-state index contributed by atoms with van der Waals surface area (Å²) in [7, 11) is 0. The van der Waals surface area contributed by atoms with Crippen molar-refractivity contribution in [3.8, 4) is 11.3 Å². The van der Waals surface area contributed by atoms with Crippen molar-refractivity contribution in [2.24, 2.45) is 0 Å². The van der Waals surface area contributed by atoms with Crippen LogP contribution in [0.2, 0.25) is 0 Å². The molecule has 2 rings (SSSR count). The molecular weight excluding hydrogens is 278 g/mol. The van der Waals surface area contributed by atoms with Crippen LogP contribution < -0.4 is 0 Å². The number of rotatable bonds is 6. The molecule has 0 amide bonds. The summed E-state index contributed by atoms with van der Waals surface area (Å²) in [5.74, 6) is -0.988. The fraction of sp³-hybridized carbons (Fsp3) is 0.400. The first-order chi connectivity index (χ1) is 10.1. The number of halogens is 2. The first-order valence-electron chi connectivity index (χ1n) is 6.81. The fourth-order valence-corrected chi connectivity index (χ4v) is 1.97. The molecule has 1 N–H and O–H groups in total. The van der Waals surface area contributed by atoms with Crippen molar-refractivity contribution in [2.75, 3.05) is 13.2 Å². The molecule has 6 heteroatoms. The van der Waals surface area contributed by atoms with E-state index in [0.29, 0.717) is 24.6 Å². The van der Waals surface area contributed by atoms with Gasteiger partial charge in [0.05, 0.1) is 11.4 Å². The number of aromatic amines is 1. The van der Waals surface area contributed by atoms with Gasteiger partial charge in [0.1, 0.15) is 11.6 Å². The quantitative estimate of drug-likeness (QED) is 0.826. The predicted octanol–water partition coefficient (Wildman–Crippen LogP) is 3.73. The first kappa shape index (κ1) is 15.6. The van der Waals surface area contributed by atoms with Crippen LogP contribution in [-0.2, 0) is 9.47 Å². The van der Waals surface area contributed by atoms with E-state index in [2.05, 4.69) is 10.2 Å². The van der Waals surface area contributed by atoms with Crippen LogP contribution in [-0.4, -0.2) is 23.4 Å². The van der Waals surface area contributed by atoms with Gasteiger partial charge in [0, 0.05) is 18.8 Å². The van der Waals surface area contributed by atoms with Crippen molar-refractivity contribution in [3.63, 3.8) is 0 Å².